The Morgan fingerprint density at radius 3 is 2.52 bits per heavy atom. The molecule has 0 unspecified atom stereocenters. The Bertz CT molecular complexity index is 885. The number of hydrogen-bond acceptors (Lipinski definition) is 6. The maximum Gasteiger partial charge on any atom is 0.339 e. The molecular weight excluding hydrogens is 383 g/mol. The number of esters is 1. The van der Waals surface area contributed by atoms with Gasteiger partial charge in [0, 0.05) is 12.6 Å². The van der Waals surface area contributed by atoms with E-state index in [0.717, 1.165) is 11.6 Å². The van der Waals surface area contributed by atoms with Crippen molar-refractivity contribution in [1.29, 1.82) is 0 Å². The Labute approximate surface area is 166 Å². The normalized spacial score (nSPS) is 11.4. The van der Waals surface area contributed by atoms with Crippen LogP contribution in [0, 0.1) is 15.9 Å². The van der Waals surface area contributed by atoms with E-state index in [2.05, 4.69) is 5.32 Å². The molecule has 0 aliphatic heterocycles. The number of halogens is 1. The molecule has 1 atom stereocenters. The first-order chi connectivity index (χ1) is 13.8. The molecule has 0 heterocycles. The number of rotatable bonds is 9. The standard InChI is InChI=1S/C20H21FN2O6/c1-3-28-18-9-6-15(12-17(18)23(26)27)20(25)29-13(2)19(24)22-11-10-14-4-7-16(21)8-5-14/h4-9,12-13H,3,10-11H2,1-2H3,(H,22,24)/t13-/m0/s1. The third kappa shape index (κ3) is 6.27. The van der Waals surface area contributed by atoms with Gasteiger partial charge in [-0.2, -0.15) is 0 Å². The number of hydrogen-bond donors (Lipinski definition) is 1. The molecule has 0 aliphatic carbocycles. The minimum Gasteiger partial charge on any atom is -0.487 e. The number of benzene rings is 2. The minimum absolute atomic E-state index is 0.0423. The van der Waals surface area contributed by atoms with Gasteiger partial charge in [0.25, 0.3) is 5.91 Å². The van der Waals surface area contributed by atoms with Crippen LogP contribution in [0.2, 0.25) is 0 Å². The van der Waals surface area contributed by atoms with E-state index in [9.17, 15) is 24.1 Å². The van der Waals surface area contributed by atoms with E-state index in [1.807, 2.05) is 0 Å². The van der Waals surface area contributed by atoms with E-state index in [4.69, 9.17) is 9.47 Å². The third-order valence-corrected chi connectivity index (χ3v) is 3.97. The highest BCUT2D eigenvalue weighted by atomic mass is 19.1. The highest BCUT2D eigenvalue weighted by Crippen LogP contribution is 2.28. The molecule has 1 N–H and O–H groups in total. The van der Waals surface area contributed by atoms with Crippen molar-refractivity contribution in [3.8, 4) is 5.75 Å². The smallest absolute Gasteiger partial charge is 0.339 e. The van der Waals surface area contributed by atoms with E-state index in [1.165, 1.54) is 31.2 Å². The number of nitro benzene ring substituents is 1. The second kappa shape index (κ2) is 10.2. The second-order valence-corrected chi connectivity index (χ2v) is 6.09. The molecule has 154 valence electrons. The molecule has 2 rings (SSSR count). The molecule has 2 aromatic rings. The molecule has 0 saturated heterocycles. The van der Waals surface area contributed by atoms with Gasteiger partial charge in [0.15, 0.2) is 11.9 Å². The van der Waals surface area contributed by atoms with E-state index >= 15 is 0 Å². The fourth-order valence-electron chi connectivity index (χ4n) is 2.47. The van der Waals surface area contributed by atoms with E-state index in [-0.39, 0.29) is 36.0 Å². The molecule has 0 radical (unpaired) electrons. The summed E-state index contributed by atoms with van der Waals surface area (Å²) in [7, 11) is 0. The van der Waals surface area contributed by atoms with Gasteiger partial charge in [-0.1, -0.05) is 12.1 Å². The first-order valence-electron chi connectivity index (χ1n) is 8.96. The zero-order valence-corrected chi connectivity index (χ0v) is 16.0. The Balaban J connectivity index is 1.91. The number of nitro groups is 1. The van der Waals surface area contributed by atoms with Crippen LogP contribution in [0.15, 0.2) is 42.5 Å². The highest BCUT2D eigenvalue weighted by Gasteiger charge is 2.22. The van der Waals surface area contributed by atoms with Crippen molar-refractivity contribution in [2.45, 2.75) is 26.4 Å². The molecule has 0 bridgehead atoms. The Hall–Kier alpha value is -3.49. The summed E-state index contributed by atoms with van der Waals surface area (Å²) < 4.78 is 23.1. The summed E-state index contributed by atoms with van der Waals surface area (Å²) in [5.74, 6) is -1.67. The highest BCUT2D eigenvalue weighted by molar-refractivity contribution is 5.93. The summed E-state index contributed by atoms with van der Waals surface area (Å²) in [6, 6.07) is 9.58. The summed E-state index contributed by atoms with van der Waals surface area (Å²) >= 11 is 0. The van der Waals surface area contributed by atoms with E-state index in [0.29, 0.717) is 6.42 Å². The van der Waals surface area contributed by atoms with Gasteiger partial charge in [-0.25, -0.2) is 9.18 Å². The van der Waals surface area contributed by atoms with Gasteiger partial charge in [0.1, 0.15) is 5.82 Å². The molecule has 29 heavy (non-hydrogen) atoms. The van der Waals surface area contributed by atoms with Crippen LogP contribution in [0.1, 0.15) is 29.8 Å². The van der Waals surface area contributed by atoms with Gasteiger partial charge in [-0.3, -0.25) is 14.9 Å². The molecule has 0 saturated carbocycles. The van der Waals surface area contributed by atoms with Gasteiger partial charge in [-0.05, 0) is 50.1 Å². The molecule has 2 aromatic carbocycles. The lowest BCUT2D eigenvalue weighted by atomic mass is 10.1. The maximum absolute atomic E-state index is 12.9. The van der Waals surface area contributed by atoms with Crippen molar-refractivity contribution in [3.63, 3.8) is 0 Å². The third-order valence-electron chi connectivity index (χ3n) is 3.97. The quantitative estimate of drug-likeness (QED) is 0.391. The minimum atomic E-state index is -1.10. The van der Waals surface area contributed by atoms with Crippen LogP contribution in [0.3, 0.4) is 0 Å². The first-order valence-corrected chi connectivity index (χ1v) is 8.96. The maximum atomic E-state index is 12.9. The van der Waals surface area contributed by atoms with Gasteiger partial charge in [0.2, 0.25) is 0 Å². The van der Waals surface area contributed by atoms with Crippen molar-refractivity contribution in [2.24, 2.45) is 0 Å². The average molecular weight is 404 g/mol. The Morgan fingerprint density at radius 2 is 1.90 bits per heavy atom. The summed E-state index contributed by atoms with van der Waals surface area (Å²) in [6.07, 6.45) is -0.612. The lowest BCUT2D eigenvalue weighted by molar-refractivity contribution is -0.385. The molecule has 0 aromatic heterocycles. The molecular formula is C20H21FN2O6. The van der Waals surface area contributed by atoms with Crippen molar-refractivity contribution in [2.75, 3.05) is 13.2 Å². The number of carbonyl (C=O) groups excluding carboxylic acids is 2. The molecule has 0 aliphatic rings. The fourth-order valence-corrected chi connectivity index (χ4v) is 2.47. The number of carbonyl (C=O) groups is 2. The molecule has 9 heteroatoms. The van der Waals surface area contributed by atoms with Gasteiger partial charge >= 0.3 is 11.7 Å². The summed E-state index contributed by atoms with van der Waals surface area (Å²) in [5, 5.41) is 13.8. The average Bonchev–Trinajstić information content (AvgIpc) is 2.69. The number of amides is 1. The van der Waals surface area contributed by atoms with E-state index in [1.54, 1.807) is 19.1 Å². The number of ether oxygens (including phenoxy) is 2. The molecule has 0 fully saturated rings. The lowest BCUT2D eigenvalue weighted by Gasteiger charge is -2.14. The monoisotopic (exact) mass is 404 g/mol. The zero-order chi connectivity index (χ0) is 21.4. The number of nitrogens with one attached hydrogen (secondary N) is 1. The Morgan fingerprint density at radius 1 is 1.21 bits per heavy atom. The van der Waals surface area contributed by atoms with Crippen LogP contribution >= 0.6 is 0 Å². The molecule has 0 spiro atoms. The van der Waals surface area contributed by atoms with Crippen molar-refractivity contribution in [1.82, 2.24) is 5.32 Å². The van der Waals surface area contributed by atoms with Crippen LogP contribution in [-0.4, -0.2) is 36.1 Å². The van der Waals surface area contributed by atoms with Crippen LogP contribution in [-0.2, 0) is 16.0 Å². The summed E-state index contributed by atoms with van der Waals surface area (Å²) in [4.78, 5) is 34.8. The van der Waals surface area contributed by atoms with Crippen LogP contribution in [0.5, 0.6) is 5.75 Å². The number of nitrogens with zero attached hydrogens (tertiary/aromatic N) is 1. The van der Waals surface area contributed by atoms with Gasteiger partial charge in [0.05, 0.1) is 17.1 Å². The van der Waals surface area contributed by atoms with Crippen LogP contribution in [0.4, 0.5) is 10.1 Å². The van der Waals surface area contributed by atoms with Crippen molar-refractivity contribution >= 4 is 17.6 Å². The predicted molar refractivity (Wildman–Crippen MR) is 102 cm³/mol. The summed E-state index contributed by atoms with van der Waals surface area (Å²) in [6.45, 7) is 3.59. The van der Waals surface area contributed by atoms with Crippen molar-refractivity contribution < 1.29 is 28.4 Å². The summed E-state index contributed by atoms with van der Waals surface area (Å²) in [5.41, 5.74) is 0.418. The Kier molecular flexibility index (Phi) is 7.64. The lowest BCUT2D eigenvalue weighted by Crippen LogP contribution is -2.36. The predicted octanol–water partition coefficient (Wildman–Crippen LogP) is 3.04. The topological polar surface area (TPSA) is 108 Å². The van der Waals surface area contributed by atoms with Crippen molar-refractivity contribution in [3.05, 3.63) is 69.5 Å². The molecule has 1 amide bonds. The van der Waals surface area contributed by atoms with Crippen LogP contribution in [0.25, 0.3) is 0 Å². The second-order valence-electron chi connectivity index (χ2n) is 6.09. The zero-order valence-electron chi connectivity index (χ0n) is 16.0. The molecule has 8 nitrogen and oxygen atoms in total. The van der Waals surface area contributed by atoms with Crippen LogP contribution < -0.4 is 10.1 Å². The van der Waals surface area contributed by atoms with Gasteiger partial charge in [-0.15, -0.1) is 0 Å². The van der Waals surface area contributed by atoms with Gasteiger partial charge < -0.3 is 14.8 Å². The fraction of sp³-hybridized carbons (Fsp3) is 0.300. The largest absolute Gasteiger partial charge is 0.487 e. The van der Waals surface area contributed by atoms with E-state index < -0.39 is 22.9 Å². The SMILES string of the molecule is CCOc1ccc(C(=O)O[C@@H](C)C(=O)NCCc2ccc(F)cc2)cc1[N+](=O)[O-]. The first kappa shape index (κ1) is 21.8.